The van der Waals surface area contributed by atoms with Crippen LogP contribution in [0.25, 0.3) is 0 Å². The molecular formula is C11H21N3S. The molecule has 4 heteroatoms. The highest BCUT2D eigenvalue weighted by molar-refractivity contribution is 7.99. The highest BCUT2D eigenvalue weighted by Crippen LogP contribution is 2.18. The SMILES string of the molecule is CCCNC(CC)CSc1cnn(C)c1. The lowest BCUT2D eigenvalue weighted by molar-refractivity contribution is 0.539. The number of nitrogens with one attached hydrogen (secondary N) is 1. The maximum atomic E-state index is 4.16. The first-order chi connectivity index (χ1) is 7.26. The molecule has 0 bridgehead atoms. The van der Waals surface area contributed by atoms with Gasteiger partial charge in [0.05, 0.1) is 6.20 Å². The van der Waals surface area contributed by atoms with E-state index < -0.39 is 0 Å². The molecule has 0 saturated heterocycles. The summed E-state index contributed by atoms with van der Waals surface area (Å²) in [7, 11) is 1.96. The zero-order valence-electron chi connectivity index (χ0n) is 9.86. The molecule has 1 N–H and O–H groups in total. The van der Waals surface area contributed by atoms with E-state index in [0.29, 0.717) is 6.04 Å². The Hall–Kier alpha value is -0.480. The van der Waals surface area contributed by atoms with Crippen molar-refractivity contribution >= 4 is 11.8 Å². The summed E-state index contributed by atoms with van der Waals surface area (Å²) in [6.45, 7) is 5.55. The number of hydrogen-bond donors (Lipinski definition) is 1. The fourth-order valence-electron chi connectivity index (χ4n) is 1.34. The van der Waals surface area contributed by atoms with Gasteiger partial charge in [0.25, 0.3) is 0 Å². The van der Waals surface area contributed by atoms with E-state index in [1.165, 1.54) is 17.7 Å². The monoisotopic (exact) mass is 227 g/mol. The Labute approximate surface area is 96.6 Å². The van der Waals surface area contributed by atoms with E-state index in [-0.39, 0.29) is 0 Å². The molecule has 1 rings (SSSR count). The van der Waals surface area contributed by atoms with E-state index in [1.54, 1.807) is 0 Å². The van der Waals surface area contributed by atoms with Gasteiger partial charge in [0.15, 0.2) is 0 Å². The fraction of sp³-hybridized carbons (Fsp3) is 0.727. The summed E-state index contributed by atoms with van der Waals surface area (Å²) in [6, 6.07) is 0.621. The molecule has 0 aliphatic heterocycles. The topological polar surface area (TPSA) is 29.9 Å². The zero-order valence-corrected chi connectivity index (χ0v) is 10.7. The van der Waals surface area contributed by atoms with Crippen LogP contribution in [-0.4, -0.2) is 28.1 Å². The molecule has 0 spiro atoms. The van der Waals surface area contributed by atoms with Crippen LogP contribution >= 0.6 is 11.8 Å². The summed E-state index contributed by atoms with van der Waals surface area (Å²) in [4.78, 5) is 1.26. The van der Waals surface area contributed by atoms with Crippen LogP contribution in [0.4, 0.5) is 0 Å². The molecule has 0 amide bonds. The highest BCUT2D eigenvalue weighted by Gasteiger charge is 2.06. The molecular weight excluding hydrogens is 206 g/mol. The van der Waals surface area contributed by atoms with Crippen LogP contribution in [0, 0.1) is 0 Å². The van der Waals surface area contributed by atoms with Crippen molar-refractivity contribution in [1.82, 2.24) is 15.1 Å². The van der Waals surface area contributed by atoms with Gasteiger partial charge in [-0.2, -0.15) is 5.10 Å². The van der Waals surface area contributed by atoms with Crippen molar-refractivity contribution in [2.24, 2.45) is 7.05 Å². The Morgan fingerprint density at radius 3 is 2.87 bits per heavy atom. The molecule has 1 aromatic rings. The van der Waals surface area contributed by atoms with E-state index in [4.69, 9.17) is 0 Å². The Morgan fingerprint density at radius 1 is 1.53 bits per heavy atom. The molecule has 0 fully saturated rings. The second-order valence-electron chi connectivity index (χ2n) is 3.72. The minimum absolute atomic E-state index is 0.621. The summed E-state index contributed by atoms with van der Waals surface area (Å²) in [5, 5.41) is 7.71. The van der Waals surface area contributed by atoms with E-state index >= 15 is 0 Å². The average molecular weight is 227 g/mol. The largest absolute Gasteiger partial charge is 0.313 e. The molecule has 0 aliphatic rings. The maximum absolute atomic E-state index is 4.16. The average Bonchev–Trinajstić information content (AvgIpc) is 2.65. The third kappa shape index (κ3) is 4.71. The number of hydrogen-bond acceptors (Lipinski definition) is 3. The summed E-state index contributed by atoms with van der Waals surface area (Å²) >= 11 is 1.88. The molecule has 1 unspecified atom stereocenters. The van der Waals surface area contributed by atoms with Gasteiger partial charge in [-0.3, -0.25) is 4.68 Å². The van der Waals surface area contributed by atoms with Crippen molar-refractivity contribution in [3.05, 3.63) is 12.4 Å². The molecule has 1 aromatic heterocycles. The Morgan fingerprint density at radius 2 is 2.33 bits per heavy atom. The highest BCUT2D eigenvalue weighted by atomic mass is 32.2. The molecule has 15 heavy (non-hydrogen) atoms. The van der Waals surface area contributed by atoms with Crippen molar-refractivity contribution in [3.63, 3.8) is 0 Å². The lowest BCUT2D eigenvalue weighted by atomic mass is 10.2. The molecule has 0 saturated carbocycles. The van der Waals surface area contributed by atoms with Crippen LogP contribution in [0.3, 0.4) is 0 Å². The van der Waals surface area contributed by atoms with Gasteiger partial charge in [-0.05, 0) is 19.4 Å². The van der Waals surface area contributed by atoms with E-state index in [9.17, 15) is 0 Å². The van der Waals surface area contributed by atoms with Crippen molar-refractivity contribution in [2.75, 3.05) is 12.3 Å². The summed E-state index contributed by atoms with van der Waals surface area (Å²) in [6.07, 6.45) is 6.38. The second kappa shape index (κ2) is 6.90. The molecule has 0 aliphatic carbocycles. The predicted molar refractivity (Wildman–Crippen MR) is 66.3 cm³/mol. The van der Waals surface area contributed by atoms with Gasteiger partial charge in [0.1, 0.15) is 0 Å². The van der Waals surface area contributed by atoms with Crippen LogP contribution in [0.15, 0.2) is 17.3 Å². The summed E-state index contributed by atoms with van der Waals surface area (Å²) in [5.74, 6) is 1.13. The minimum Gasteiger partial charge on any atom is -0.313 e. The van der Waals surface area contributed by atoms with Gasteiger partial charge >= 0.3 is 0 Å². The quantitative estimate of drug-likeness (QED) is 0.725. The zero-order chi connectivity index (χ0) is 11.1. The first-order valence-electron chi connectivity index (χ1n) is 5.61. The number of thioether (sulfide) groups is 1. The summed E-state index contributed by atoms with van der Waals surface area (Å²) in [5.41, 5.74) is 0. The molecule has 1 atom stereocenters. The molecule has 1 heterocycles. The van der Waals surface area contributed by atoms with E-state index in [2.05, 4.69) is 30.5 Å². The van der Waals surface area contributed by atoms with Gasteiger partial charge < -0.3 is 5.32 Å². The van der Waals surface area contributed by atoms with Gasteiger partial charge in [-0.25, -0.2) is 0 Å². The number of rotatable bonds is 7. The molecule has 0 radical (unpaired) electrons. The first kappa shape index (κ1) is 12.6. The fourth-order valence-corrected chi connectivity index (χ4v) is 2.44. The second-order valence-corrected chi connectivity index (χ2v) is 4.81. The predicted octanol–water partition coefficient (Wildman–Crippen LogP) is 2.29. The van der Waals surface area contributed by atoms with Gasteiger partial charge in [-0.1, -0.05) is 13.8 Å². The molecule has 3 nitrogen and oxygen atoms in total. The first-order valence-corrected chi connectivity index (χ1v) is 6.59. The lowest BCUT2D eigenvalue weighted by Crippen LogP contribution is -2.31. The van der Waals surface area contributed by atoms with Gasteiger partial charge in [-0.15, -0.1) is 11.8 Å². The van der Waals surface area contributed by atoms with Crippen LogP contribution in [0.1, 0.15) is 26.7 Å². The van der Waals surface area contributed by atoms with Crippen molar-refractivity contribution in [1.29, 1.82) is 0 Å². The smallest absolute Gasteiger partial charge is 0.0625 e. The van der Waals surface area contributed by atoms with Gasteiger partial charge in [0.2, 0.25) is 0 Å². The van der Waals surface area contributed by atoms with E-state index in [0.717, 1.165) is 12.3 Å². The van der Waals surface area contributed by atoms with E-state index in [1.807, 2.05) is 29.7 Å². The van der Waals surface area contributed by atoms with Crippen molar-refractivity contribution in [2.45, 2.75) is 37.6 Å². The normalized spacial score (nSPS) is 13.0. The third-order valence-electron chi connectivity index (χ3n) is 2.31. The molecule has 86 valence electrons. The third-order valence-corrected chi connectivity index (χ3v) is 3.42. The van der Waals surface area contributed by atoms with Crippen LogP contribution in [0.2, 0.25) is 0 Å². The summed E-state index contributed by atoms with van der Waals surface area (Å²) < 4.78 is 1.85. The number of aromatic nitrogens is 2. The number of aryl methyl sites for hydroxylation is 1. The Bertz CT molecular complexity index is 273. The Kier molecular flexibility index (Phi) is 5.79. The van der Waals surface area contributed by atoms with Crippen LogP contribution < -0.4 is 5.32 Å². The van der Waals surface area contributed by atoms with Crippen LogP contribution in [0.5, 0.6) is 0 Å². The minimum atomic E-state index is 0.621. The Balaban J connectivity index is 2.27. The maximum Gasteiger partial charge on any atom is 0.0625 e. The standard InChI is InChI=1S/C11H21N3S/c1-4-6-12-10(5-2)9-15-11-7-13-14(3)8-11/h7-8,10,12H,4-6,9H2,1-3H3. The number of nitrogens with zero attached hydrogens (tertiary/aromatic N) is 2. The lowest BCUT2D eigenvalue weighted by Gasteiger charge is -2.15. The van der Waals surface area contributed by atoms with Gasteiger partial charge in [0, 0.05) is 29.9 Å². The van der Waals surface area contributed by atoms with Crippen molar-refractivity contribution in [3.8, 4) is 0 Å². The van der Waals surface area contributed by atoms with Crippen molar-refractivity contribution < 1.29 is 0 Å². The van der Waals surface area contributed by atoms with Crippen LogP contribution in [-0.2, 0) is 7.05 Å². The molecule has 0 aromatic carbocycles.